The van der Waals surface area contributed by atoms with Crippen molar-refractivity contribution >= 4 is 34.4 Å². The van der Waals surface area contributed by atoms with E-state index >= 15 is 0 Å². The van der Waals surface area contributed by atoms with E-state index in [9.17, 15) is 9.59 Å². The predicted octanol–water partition coefficient (Wildman–Crippen LogP) is 5.81. The Labute approximate surface area is 208 Å². The van der Waals surface area contributed by atoms with E-state index in [1.807, 2.05) is 48.1 Å². The van der Waals surface area contributed by atoms with Gasteiger partial charge in [-0.2, -0.15) is 5.10 Å². The number of carbonyl (C=O) groups is 2. The summed E-state index contributed by atoms with van der Waals surface area (Å²) in [6, 6.07) is 16.0. The highest BCUT2D eigenvalue weighted by molar-refractivity contribution is 6.30. The molecule has 0 saturated heterocycles. The van der Waals surface area contributed by atoms with E-state index < -0.39 is 5.97 Å². The molecule has 5 rings (SSSR count). The molecule has 0 unspecified atom stereocenters. The van der Waals surface area contributed by atoms with E-state index in [2.05, 4.69) is 10.4 Å². The predicted molar refractivity (Wildman–Crippen MR) is 136 cm³/mol. The third kappa shape index (κ3) is 4.66. The van der Waals surface area contributed by atoms with Crippen LogP contribution in [0.5, 0.6) is 0 Å². The van der Waals surface area contributed by atoms with Crippen molar-refractivity contribution in [3.8, 4) is 0 Å². The Kier molecular flexibility index (Phi) is 6.31. The molecule has 7 heteroatoms. The largest absolute Gasteiger partial charge is 0.478 e. The van der Waals surface area contributed by atoms with Crippen molar-refractivity contribution in [1.29, 1.82) is 0 Å². The molecular weight excluding hydrogens is 462 g/mol. The highest BCUT2D eigenvalue weighted by Gasteiger charge is 2.23. The number of amides is 1. The third-order valence-electron chi connectivity index (χ3n) is 6.74. The molecule has 1 heterocycles. The number of fused-ring (bicyclic) bond motifs is 3. The third-order valence-corrected chi connectivity index (χ3v) is 7.00. The Hall–Kier alpha value is -3.64. The number of hydrogen-bond acceptors (Lipinski definition) is 3. The van der Waals surface area contributed by atoms with Gasteiger partial charge in [0.05, 0.1) is 35.4 Å². The summed E-state index contributed by atoms with van der Waals surface area (Å²) in [6.07, 6.45) is 6.09. The van der Waals surface area contributed by atoms with E-state index in [-0.39, 0.29) is 17.5 Å². The van der Waals surface area contributed by atoms with Crippen molar-refractivity contribution in [3.63, 3.8) is 0 Å². The number of nitrogens with zero attached hydrogens (tertiary/aromatic N) is 2. The fourth-order valence-electron chi connectivity index (χ4n) is 4.86. The lowest BCUT2D eigenvalue weighted by molar-refractivity contribution is 0.0696. The van der Waals surface area contributed by atoms with Crippen LogP contribution >= 0.6 is 11.6 Å². The number of aromatic nitrogens is 2. The number of nitrogens with one attached hydrogen (secondary N) is 1. The molecular formula is C28H26ClN3O3. The van der Waals surface area contributed by atoms with Gasteiger partial charge in [0.1, 0.15) is 0 Å². The van der Waals surface area contributed by atoms with Gasteiger partial charge in [0.25, 0.3) is 5.91 Å². The van der Waals surface area contributed by atoms with Crippen molar-refractivity contribution in [1.82, 2.24) is 15.1 Å². The molecule has 0 spiro atoms. The number of benzene rings is 3. The van der Waals surface area contributed by atoms with Crippen LogP contribution in [-0.2, 0) is 19.4 Å². The van der Waals surface area contributed by atoms with Crippen LogP contribution in [0.1, 0.15) is 68.8 Å². The van der Waals surface area contributed by atoms with Gasteiger partial charge in [0.2, 0.25) is 0 Å². The lowest BCUT2D eigenvalue weighted by Gasteiger charge is -2.20. The maximum atomic E-state index is 13.6. The maximum absolute atomic E-state index is 13.6. The van der Waals surface area contributed by atoms with Crippen LogP contribution in [0.15, 0.2) is 60.8 Å². The molecule has 1 aromatic heterocycles. The van der Waals surface area contributed by atoms with Crippen LogP contribution in [0.2, 0.25) is 5.02 Å². The first-order chi connectivity index (χ1) is 16.9. The first-order valence-corrected chi connectivity index (χ1v) is 12.2. The number of halogens is 1. The Balaban J connectivity index is 1.51. The van der Waals surface area contributed by atoms with Crippen molar-refractivity contribution in [2.45, 2.75) is 45.2 Å². The first-order valence-electron chi connectivity index (χ1n) is 11.8. The Morgan fingerprint density at radius 3 is 2.51 bits per heavy atom. The lowest BCUT2D eigenvalue weighted by Crippen LogP contribution is -2.27. The van der Waals surface area contributed by atoms with Gasteiger partial charge in [-0.25, -0.2) is 4.79 Å². The number of hydrogen-bond donors (Lipinski definition) is 2. The topological polar surface area (TPSA) is 84.2 Å². The second-order valence-corrected chi connectivity index (χ2v) is 9.52. The van der Waals surface area contributed by atoms with Gasteiger partial charge >= 0.3 is 5.97 Å². The van der Waals surface area contributed by atoms with Crippen LogP contribution in [0.3, 0.4) is 0 Å². The molecule has 1 amide bonds. The van der Waals surface area contributed by atoms with Crippen molar-refractivity contribution in [3.05, 3.63) is 99.2 Å². The van der Waals surface area contributed by atoms with Gasteiger partial charge in [-0.05, 0) is 85.2 Å². The molecule has 1 atom stereocenters. The van der Waals surface area contributed by atoms with E-state index in [0.29, 0.717) is 17.1 Å². The average Bonchev–Trinajstić information content (AvgIpc) is 3.28. The second-order valence-electron chi connectivity index (χ2n) is 9.08. The summed E-state index contributed by atoms with van der Waals surface area (Å²) < 4.78 is 1.90. The van der Waals surface area contributed by atoms with Gasteiger partial charge < -0.3 is 10.4 Å². The van der Waals surface area contributed by atoms with E-state index in [1.165, 1.54) is 11.1 Å². The van der Waals surface area contributed by atoms with E-state index in [0.717, 1.165) is 47.7 Å². The summed E-state index contributed by atoms with van der Waals surface area (Å²) in [7, 11) is 0. The van der Waals surface area contributed by atoms with Gasteiger partial charge in [0, 0.05) is 10.4 Å². The molecule has 6 nitrogen and oxygen atoms in total. The van der Waals surface area contributed by atoms with E-state index in [4.69, 9.17) is 16.7 Å². The van der Waals surface area contributed by atoms with Gasteiger partial charge in [0.15, 0.2) is 0 Å². The minimum Gasteiger partial charge on any atom is -0.478 e. The quantitative estimate of drug-likeness (QED) is 0.359. The van der Waals surface area contributed by atoms with Crippen molar-refractivity contribution in [2.24, 2.45) is 0 Å². The zero-order valence-electron chi connectivity index (χ0n) is 19.4. The molecule has 1 aliphatic carbocycles. The van der Waals surface area contributed by atoms with Crippen molar-refractivity contribution < 1.29 is 14.7 Å². The molecule has 4 aromatic rings. The fraction of sp³-hybridized carbons (Fsp3) is 0.250. The van der Waals surface area contributed by atoms with Gasteiger partial charge in [-0.3, -0.25) is 9.48 Å². The number of aryl methyl sites for hydroxylation is 2. The first kappa shape index (κ1) is 23.1. The van der Waals surface area contributed by atoms with Crippen LogP contribution in [-0.4, -0.2) is 26.8 Å². The zero-order valence-corrected chi connectivity index (χ0v) is 20.2. The van der Waals surface area contributed by atoms with Crippen molar-refractivity contribution in [2.75, 3.05) is 0 Å². The van der Waals surface area contributed by atoms with Gasteiger partial charge in [-0.1, -0.05) is 35.9 Å². The summed E-state index contributed by atoms with van der Waals surface area (Å²) in [5.41, 5.74) is 6.07. The maximum Gasteiger partial charge on any atom is 0.335 e. The van der Waals surface area contributed by atoms with Crippen LogP contribution in [0.4, 0.5) is 0 Å². The number of carboxylic acids is 1. The van der Waals surface area contributed by atoms with Gasteiger partial charge in [-0.15, -0.1) is 0 Å². The smallest absolute Gasteiger partial charge is 0.335 e. The average molecular weight is 488 g/mol. The number of carbonyl (C=O) groups excluding carboxylic acids is 1. The van der Waals surface area contributed by atoms with Crippen LogP contribution in [0, 0.1) is 0 Å². The Morgan fingerprint density at radius 1 is 1.09 bits per heavy atom. The summed E-state index contributed by atoms with van der Waals surface area (Å²) in [6.45, 7) is 2.43. The number of aromatic carboxylic acids is 1. The van der Waals surface area contributed by atoms with Crippen LogP contribution in [0.25, 0.3) is 10.9 Å². The number of rotatable bonds is 6. The fourth-order valence-corrected chi connectivity index (χ4v) is 4.98. The zero-order chi connectivity index (χ0) is 24.5. The molecule has 35 heavy (non-hydrogen) atoms. The van der Waals surface area contributed by atoms with E-state index in [1.54, 1.807) is 24.3 Å². The molecule has 1 aliphatic rings. The molecule has 0 bridgehead atoms. The summed E-state index contributed by atoms with van der Waals surface area (Å²) in [5, 5.41) is 18.6. The normalized spacial score (nSPS) is 13.9. The summed E-state index contributed by atoms with van der Waals surface area (Å²) in [5.74, 6) is -1.14. The Bertz CT molecular complexity index is 1410. The minimum absolute atomic E-state index is 0.170. The standard InChI is InChI=1S/C28H26ClN3O3/c1-17(19-8-10-20(11-9-19)28(34)35)31-27(33)24-14-21-4-2-3-5-23(21)25-15-30-32(26(24)25)16-18-6-12-22(29)13-7-18/h6-15,17H,2-5,16H2,1H3,(H,31,33)(H,34,35)/t17-/m0/s1. The molecule has 178 valence electrons. The molecule has 3 aromatic carbocycles. The molecule has 0 radical (unpaired) electrons. The SMILES string of the molecule is C[C@H](NC(=O)c1cc2c(c3cnn(Cc4ccc(Cl)cc4)c13)CCCC2)c1ccc(C(=O)O)cc1. The summed E-state index contributed by atoms with van der Waals surface area (Å²) in [4.78, 5) is 24.7. The lowest BCUT2D eigenvalue weighted by atomic mass is 9.87. The number of carboxylic acid groups (broad SMARTS) is 1. The highest BCUT2D eigenvalue weighted by atomic mass is 35.5. The molecule has 2 N–H and O–H groups in total. The minimum atomic E-state index is -0.973. The molecule has 0 aliphatic heterocycles. The monoisotopic (exact) mass is 487 g/mol. The summed E-state index contributed by atoms with van der Waals surface area (Å²) >= 11 is 6.05. The molecule has 0 fully saturated rings. The van der Waals surface area contributed by atoms with Crippen LogP contribution < -0.4 is 5.32 Å². The Morgan fingerprint density at radius 2 is 1.80 bits per heavy atom. The second kappa shape index (κ2) is 9.55. The highest BCUT2D eigenvalue weighted by Crippen LogP contribution is 2.32. The molecule has 0 saturated carbocycles.